The number of aliphatic carboxylic acids is 2. The third-order valence-electron chi connectivity index (χ3n) is 4.38. The molecule has 3 rings (SSSR count). The molecule has 0 aliphatic carbocycles. The number of carboxylic acids is 2. The molecule has 8 nitrogen and oxygen atoms in total. The SMILES string of the molecule is CC1=C(C(=O)O)N2C(=O)C(NC(=O)C(C(=O)O)c3ccccc3Br)[C@@H]2SC1. The quantitative estimate of drug-likeness (QED) is 0.453. The maximum absolute atomic E-state index is 12.6. The molecule has 0 radical (unpaired) electrons. The van der Waals surface area contributed by atoms with Gasteiger partial charge in [-0.3, -0.25) is 19.3 Å². The second kappa shape index (κ2) is 7.35. The molecule has 0 spiro atoms. The minimum Gasteiger partial charge on any atom is -0.480 e. The molecule has 10 heteroatoms. The molecular weight excluding hydrogens is 440 g/mol. The maximum atomic E-state index is 12.6. The van der Waals surface area contributed by atoms with Crippen molar-refractivity contribution in [3.8, 4) is 0 Å². The van der Waals surface area contributed by atoms with Gasteiger partial charge in [0.15, 0.2) is 5.92 Å². The fourth-order valence-electron chi connectivity index (χ4n) is 3.11. The fraction of sp³-hybridized carbons (Fsp3) is 0.294. The molecule has 1 aromatic carbocycles. The topological polar surface area (TPSA) is 124 Å². The number of carbonyl (C=O) groups excluding carboxylic acids is 2. The number of carboxylic acid groups (broad SMARTS) is 2. The Balaban J connectivity index is 1.81. The fourth-order valence-corrected chi connectivity index (χ4v) is 4.91. The van der Waals surface area contributed by atoms with Gasteiger partial charge in [-0.15, -0.1) is 11.8 Å². The summed E-state index contributed by atoms with van der Waals surface area (Å²) in [6, 6.07) is 5.48. The number of fused-ring (bicyclic) bond motifs is 1. The number of hydrogen-bond acceptors (Lipinski definition) is 5. The Morgan fingerprint density at radius 3 is 2.56 bits per heavy atom. The van der Waals surface area contributed by atoms with Gasteiger partial charge in [0.2, 0.25) is 5.91 Å². The minimum atomic E-state index is -1.49. The Bertz CT molecular complexity index is 886. The zero-order chi connectivity index (χ0) is 19.9. The predicted molar refractivity (Wildman–Crippen MR) is 99.9 cm³/mol. The van der Waals surface area contributed by atoms with E-state index in [0.29, 0.717) is 15.8 Å². The molecule has 2 heterocycles. The lowest BCUT2D eigenvalue weighted by molar-refractivity contribution is -0.152. The first-order chi connectivity index (χ1) is 12.7. The van der Waals surface area contributed by atoms with E-state index in [2.05, 4.69) is 21.2 Å². The van der Waals surface area contributed by atoms with Gasteiger partial charge >= 0.3 is 11.9 Å². The first-order valence-electron chi connectivity index (χ1n) is 7.89. The van der Waals surface area contributed by atoms with E-state index in [1.165, 1.54) is 17.8 Å². The second-order valence-corrected chi connectivity index (χ2v) is 8.08. The number of nitrogens with one attached hydrogen (secondary N) is 1. The summed E-state index contributed by atoms with van der Waals surface area (Å²) >= 11 is 4.56. The third kappa shape index (κ3) is 3.34. The van der Waals surface area contributed by atoms with Crippen molar-refractivity contribution in [2.45, 2.75) is 24.3 Å². The lowest BCUT2D eigenvalue weighted by atomic mass is 9.96. The van der Waals surface area contributed by atoms with Gasteiger partial charge in [-0.1, -0.05) is 34.1 Å². The van der Waals surface area contributed by atoms with Crippen LogP contribution in [0.5, 0.6) is 0 Å². The summed E-state index contributed by atoms with van der Waals surface area (Å²) < 4.78 is 0.466. The summed E-state index contributed by atoms with van der Waals surface area (Å²) in [4.78, 5) is 49.3. The van der Waals surface area contributed by atoms with E-state index in [-0.39, 0.29) is 11.3 Å². The van der Waals surface area contributed by atoms with Gasteiger partial charge in [0.05, 0.1) is 0 Å². The molecular formula is C17H15BrN2O6S. The summed E-state index contributed by atoms with van der Waals surface area (Å²) in [6.45, 7) is 1.64. The van der Waals surface area contributed by atoms with Gasteiger partial charge in [-0.25, -0.2) is 4.79 Å². The van der Waals surface area contributed by atoms with Gasteiger partial charge < -0.3 is 15.5 Å². The molecule has 0 bridgehead atoms. The van der Waals surface area contributed by atoms with Gasteiger partial charge in [-0.2, -0.15) is 0 Å². The molecule has 142 valence electrons. The Morgan fingerprint density at radius 1 is 1.30 bits per heavy atom. The van der Waals surface area contributed by atoms with Crippen LogP contribution in [0.2, 0.25) is 0 Å². The van der Waals surface area contributed by atoms with Crippen molar-refractivity contribution >= 4 is 51.4 Å². The largest absolute Gasteiger partial charge is 0.480 e. The Kier molecular flexibility index (Phi) is 5.29. The summed E-state index contributed by atoms with van der Waals surface area (Å²) in [5.41, 5.74) is 0.762. The lowest BCUT2D eigenvalue weighted by Crippen LogP contribution is -2.70. The summed E-state index contributed by atoms with van der Waals surface area (Å²) in [6.07, 6.45) is 0. The van der Waals surface area contributed by atoms with E-state index >= 15 is 0 Å². The summed E-state index contributed by atoms with van der Waals surface area (Å²) in [5, 5.41) is 20.7. The number of β-lactam (4-membered cyclic amide) rings is 1. The first kappa shape index (κ1) is 19.4. The van der Waals surface area contributed by atoms with Crippen LogP contribution in [0, 0.1) is 0 Å². The second-order valence-electron chi connectivity index (χ2n) is 6.12. The molecule has 27 heavy (non-hydrogen) atoms. The normalized spacial score (nSPS) is 22.6. The summed E-state index contributed by atoms with van der Waals surface area (Å²) in [7, 11) is 0. The van der Waals surface area contributed by atoms with Crippen LogP contribution >= 0.6 is 27.7 Å². The molecule has 2 aliphatic rings. The van der Waals surface area contributed by atoms with Gasteiger partial charge in [0.1, 0.15) is 17.1 Å². The van der Waals surface area contributed by atoms with Crippen molar-refractivity contribution in [3.63, 3.8) is 0 Å². The Labute approximate surface area is 166 Å². The van der Waals surface area contributed by atoms with E-state index in [9.17, 15) is 29.4 Å². The van der Waals surface area contributed by atoms with E-state index < -0.39 is 41.1 Å². The predicted octanol–water partition coefficient (Wildman–Crippen LogP) is 1.38. The first-order valence-corrected chi connectivity index (χ1v) is 9.73. The average molecular weight is 455 g/mol. The number of hydrogen-bond donors (Lipinski definition) is 3. The standard InChI is InChI=1S/C17H15BrN2O6S/c1-7-6-27-15-11(14(22)20(15)12(7)17(25)26)19-13(21)10(16(23)24)8-4-2-3-5-9(8)18/h2-5,10-11,15H,6H2,1H3,(H,19,21)(H,23,24)(H,25,26)/t10?,11?,15-/m0/s1. The number of halogens is 1. The molecule has 0 saturated carbocycles. The van der Waals surface area contributed by atoms with Gasteiger partial charge in [0.25, 0.3) is 5.91 Å². The van der Waals surface area contributed by atoms with E-state index in [1.807, 2.05) is 0 Å². The van der Waals surface area contributed by atoms with E-state index in [4.69, 9.17) is 0 Å². The number of amides is 2. The highest BCUT2D eigenvalue weighted by molar-refractivity contribution is 9.10. The van der Waals surface area contributed by atoms with Crippen LogP contribution < -0.4 is 5.32 Å². The van der Waals surface area contributed by atoms with Crippen molar-refractivity contribution < 1.29 is 29.4 Å². The lowest BCUT2D eigenvalue weighted by Gasteiger charge is -2.49. The Hall–Kier alpha value is -2.33. The summed E-state index contributed by atoms with van der Waals surface area (Å²) in [5.74, 6) is -5.01. The van der Waals surface area contributed by atoms with Crippen LogP contribution in [0.25, 0.3) is 0 Å². The molecule has 3 atom stereocenters. The van der Waals surface area contributed by atoms with E-state index in [1.54, 1.807) is 25.1 Å². The van der Waals surface area contributed by atoms with Crippen molar-refractivity contribution in [3.05, 3.63) is 45.6 Å². The average Bonchev–Trinajstić information content (AvgIpc) is 2.60. The monoisotopic (exact) mass is 454 g/mol. The molecule has 0 aromatic heterocycles. The smallest absolute Gasteiger partial charge is 0.352 e. The van der Waals surface area contributed by atoms with Gasteiger partial charge in [0, 0.05) is 10.2 Å². The number of benzene rings is 1. The highest BCUT2D eigenvalue weighted by Gasteiger charge is 2.54. The molecule has 2 unspecified atom stereocenters. The zero-order valence-corrected chi connectivity index (χ0v) is 16.4. The third-order valence-corrected chi connectivity index (χ3v) is 6.53. The Morgan fingerprint density at radius 2 is 1.96 bits per heavy atom. The van der Waals surface area contributed by atoms with Crippen LogP contribution in [0.3, 0.4) is 0 Å². The highest BCUT2D eigenvalue weighted by atomic mass is 79.9. The number of nitrogens with zero attached hydrogens (tertiary/aromatic N) is 1. The maximum Gasteiger partial charge on any atom is 0.352 e. The van der Waals surface area contributed by atoms with Crippen molar-refractivity contribution in [2.75, 3.05) is 5.75 Å². The molecule has 1 fully saturated rings. The van der Waals surface area contributed by atoms with Gasteiger partial charge in [-0.05, 0) is 24.1 Å². The van der Waals surface area contributed by atoms with Crippen molar-refractivity contribution in [1.29, 1.82) is 0 Å². The molecule has 1 aromatic rings. The molecule has 2 amide bonds. The number of thioether (sulfide) groups is 1. The van der Waals surface area contributed by atoms with Crippen LogP contribution in [-0.2, 0) is 19.2 Å². The van der Waals surface area contributed by atoms with Crippen molar-refractivity contribution in [2.24, 2.45) is 0 Å². The highest BCUT2D eigenvalue weighted by Crippen LogP contribution is 2.40. The number of carbonyl (C=O) groups is 4. The molecule has 2 aliphatic heterocycles. The van der Waals surface area contributed by atoms with Crippen LogP contribution in [0.15, 0.2) is 40.0 Å². The molecule has 1 saturated heterocycles. The van der Waals surface area contributed by atoms with Crippen molar-refractivity contribution in [1.82, 2.24) is 10.2 Å². The van der Waals surface area contributed by atoms with Crippen LogP contribution in [0.4, 0.5) is 0 Å². The zero-order valence-electron chi connectivity index (χ0n) is 14.0. The molecule has 3 N–H and O–H groups in total. The van der Waals surface area contributed by atoms with Crippen LogP contribution in [0.1, 0.15) is 18.4 Å². The van der Waals surface area contributed by atoms with Crippen LogP contribution in [-0.4, -0.2) is 56.0 Å². The minimum absolute atomic E-state index is 0.0742. The number of rotatable bonds is 5. The van der Waals surface area contributed by atoms with E-state index in [0.717, 1.165) is 4.90 Å².